The molecule has 0 unspecified atom stereocenters. The van der Waals surface area contributed by atoms with E-state index in [4.69, 9.17) is 5.26 Å². The van der Waals surface area contributed by atoms with Gasteiger partial charge in [-0.2, -0.15) is 5.26 Å². The highest BCUT2D eigenvalue weighted by molar-refractivity contribution is 5.94. The van der Waals surface area contributed by atoms with Crippen LogP contribution in [0.2, 0.25) is 0 Å². The Hall–Kier alpha value is -1.82. The van der Waals surface area contributed by atoms with Crippen LogP contribution in [0.5, 0.6) is 0 Å². The third kappa shape index (κ3) is 3.33. The Morgan fingerprint density at radius 2 is 1.72 bits per heavy atom. The maximum atomic E-state index is 12.0. The van der Waals surface area contributed by atoms with Crippen molar-refractivity contribution in [2.24, 2.45) is 0 Å². The number of benzene rings is 1. The normalized spacial score (nSPS) is 16.6. The molecule has 1 fully saturated rings. The van der Waals surface area contributed by atoms with Crippen molar-refractivity contribution in [1.29, 1.82) is 5.26 Å². The molecule has 1 saturated carbocycles. The first kappa shape index (κ1) is 12.6. The van der Waals surface area contributed by atoms with E-state index in [0.717, 1.165) is 12.8 Å². The molecule has 3 heteroatoms. The summed E-state index contributed by atoms with van der Waals surface area (Å²) < 4.78 is 0. The van der Waals surface area contributed by atoms with E-state index in [1.807, 2.05) is 0 Å². The molecular weight excluding hydrogens is 224 g/mol. The first-order valence-electron chi connectivity index (χ1n) is 6.60. The molecule has 0 aliphatic heterocycles. The summed E-state index contributed by atoms with van der Waals surface area (Å²) in [6, 6.07) is 9.16. The lowest BCUT2D eigenvalue weighted by atomic mass is 10.1. The average molecular weight is 242 g/mol. The molecular formula is C15H18N2O. The smallest absolute Gasteiger partial charge is 0.251 e. The Morgan fingerprint density at radius 3 is 2.28 bits per heavy atom. The predicted molar refractivity (Wildman–Crippen MR) is 70.1 cm³/mol. The fraction of sp³-hybridized carbons (Fsp3) is 0.467. The van der Waals surface area contributed by atoms with E-state index in [0.29, 0.717) is 17.2 Å². The Labute approximate surface area is 108 Å². The minimum absolute atomic E-state index is 0.0219. The number of rotatable bonds is 2. The van der Waals surface area contributed by atoms with Crippen LogP contribution in [0.15, 0.2) is 24.3 Å². The molecule has 0 bridgehead atoms. The lowest BCUT2D eigenvalue weighted by molar-refractivity contribution is 0.0933. The highest BCUT2D eigenvalue weighted by atomic mass is 16.1. The quantitative estimate of drug-likeness (QED) is 0.810. The summed E-state index contributed by atoms with van der Waals surface area (Å²) in [5.41, 5.74) is 1.22. The standard InChI is InChI=1S/C15H18N2O/c16-11-12-7-9-13(10-8-12)15(18)17-14-5-3-1-2-4-6-14/h7-10,14H,1-6H2,(H,17,18). The van der Waals surface area contributed by atoms with Gasteiger partial charge in [0.05, 0.1) is 11.6 Å². The molecule has 0 aromatic heterocycles. The number of nitrogens with zero attached hydrogens (tertiary/aromatic N) is 1. The Morgan fingerprint density at radius 1 is 1.11 bits per heavy atom. The zero-order valence-electron chi connectivity index (χ0n) is 10.5. The van der Waals surface area contributed by atoms with Gasteiger partial charge in [0, 0.05) is 11.6 Å². The van der Waals surface area contributed by atoms with Gasteiger partial charge in [-0.15, -0.1) is 0 Å². The van der Waals surface area contributed by atoms with Gasteiger partial charge in [0.2, 0.25) is 0 Å². The number of nitrogens with one attached hydrogen (secondary N) is 1. The van der Waals surface area contributed by atoms with Crippen molar-refractivity contribution in [2.45, 2.75) is 44.6 Å². The van der Waals surface area contributed by atoms with Gasteiger partial charge in [0.25, 0.3) is 5.91 Å². The van der Waals surface area contributed by atoms with Gasteiger partial charge in [-0.25, -0.2) is 0 Å². The van der Waals surface area contributed by atoms with E-state index in [1.165, 1.54) is 25.7 Å². The van der Waals surface area contributed by atoms with Gasteiger partial charge >= 0.3 is 0 Å². The molecule has 1 aromatic rings. The molecule has 0 heterocycles. The first-order valence-corrected chi connectivity index (χ1v) is 6.60. The Balaban J connectivity index is 1.95. The SMILES string of the molecule is N#Cc1ccc(C(=O)NC2CCCCCC2)cc1. The van der Waals surface area contributed by atoms with E-state index >= 15 is 0 Å². The van der Waals surface area contributed by atoms with Crippen LogP contribution >= 0.6 is 0 Å². The molecule has 1 N–H and O–H groups in total. The van der Waals surface area contributed by atoms with Gasteiger partial charge in [0.1, 0.15) is 0 Å². The van der Waals surface area contributed by atoms with Gasteiger partial charge in [-0.1, -0.05) is 25.7 Å². The highest BCUT2D eigenvalue weighted by Crippen LogP contribution is 2.17. The second-order valence-corrected chi connectivity index (χ2v) is 4.85. The van der Waals surface area contributed by atoms with Crippen molar-refractivity contribution in [2.75, 3.05) is 0 Å². The van der Waals surface area contributed by atoms with Crippen molar-refractivity contribution in [1.82, 2.24) is 5.32 Å². The van der Waals surface area contributed by atoms with E-state index in [9.17, 15) is 4.79 Å². The number of carbonyl (C=O) groups is 1. The fourth-order valence-electron chi connectivity index (χ4n) is 2.39. The van der Waals surface area contributed by atoms with Crippen LogP contribution < -0.4 is 5.32 Å². The molecule has 94 valence electrons. The van der Waals surface area contributed by atoms with Crippen LogP contribution in [0.4, 0.5) is 0 Å². The van der Waals surface area contributed by atoms with Crippen molar-refractivity contribution in [3.63, 3.8) is 0 Å². The van der Waals surface area contributed by atoms with Gasteiger partial charge in [0.15, 0.2) is 0 Å². The summed E-state index contributed by atoms with van der Waals surface area (Å²) in [5.74, 6) is -0.0219. The molecule has 0 radical (unpaired) electrons. The number of carbonyl (C=O) groups excluding carboxylic acids is 1. The second kappa shape index (κ2) is 6.20. The molecule has 3 nitrogen and oxygen atoms in total. The van der Waals surface area contributed by atoms with Crippen molar-refractivity contribution >= 4 is 5.91 Å². The van der Waals surface area contributed by atoms with E-state index in [-0.39, 0.29) is 5.91 Å². The van der Waals surface area contributed by atoms with Crippen LogP contribution in [0, 0.1) is 11.3 Å². The van der Waals surface area contributed by atoms with E-state index < -0.39 is 0 Å². The van der Waals surface area contributed by atoms with Crippen LogP contribution in [-0.2, 0) is 0 Å². The first-order chi connectivity index (χ1) is 8.79. The van der Waals surface area contributed by atoms with E-state index in [1.54, 1.807) is 24.3 Å². The molecule has 0 spiro atoms. The summed E-state index contributed by atoms with van der Waals surface area (Å²) in [6.45, 7) is 0. The van der Waals surface area contributed by atoms with Gasteiger partial charge in [-0.3, -0.25) is 4.79 Å². The maximum Gasteiger partial charge on any atom is 0.251 e. The van der Waals surface area contributed by atoms with Gasteiger partial charge < -0.3 is 5.32 Å². The molecule has 0 saturated heterocycles. The highest BCUT2D eigenvalue weighted by Gasteiger charge is 2.15. The number of hydrogen-bond donors (Lipinski definition) is 1. The topological polar surface area (TPSA) is 52.9 Å². The predicted octanol–water partition coefficient (Wildman–Crippen LogP) is 3.01. The summed E-state index contributed by atoms with van der Waals surface area (Å²) in [4.78, 5) is 12.0. The van der Waals surface area contributed by atoms with Crippen molar-refractivity contribution in [3.05, 3.63) is 35.4 Å². The molecule has 1 aliphatic carbocycles. The second-order valence-electron chi connectivity index (χ2n) is 4.85. The Kier molecular flexibility index (Phi) is 4.35. The molecule has 1 aromatic carbocycles. The molecule has 2 rings (SSSR count). The fourth-order valence-corrected chi connectivity index (χ4v) is 2.39. The third-order valence-electron chi connectivity index (χ3n) is 3.47. The monoisotopic (exact) mass is 242 g/mol. The largest absolute Gasteiger partial charge is 0.349 e. The number of nitriles is 1. The van der Waals surface area contributed by atoms with Crippen LogP contribution in [0.25, 0.3) is 0 Å². The Bertz CT molecular complexity index is 437. The zero-order chi connectivity index (χ0) is 12.8. The minimum Gasteiger partial charge on any atom is -0.349 e. The number of amides is 1. The van der Waals surface area contributed by atoms with E-state index in [2.05, 4.69) is 11.4 Å². The van der Waals surface area contributed by atoms with Crippen LogP contribution in [0.3, 0.4) is 0 Å². The molecule has 1 aliphatic rings. The lowest BCUT2D eigenvalue weighted by Gasteiger charge is -2.16. The summed E-state index contributed by atoms with van der Waals surface area (Å²) >= 11 is 0. The van der Waals surface area contributed by atoms with Crippen molar-refractivity contribution in [3.8, 4) is 6.07 Å². The summed E-state index contributed by atoms with van der Waals surface area (Å²) in [5, 5.41) is 11.8. The average Bonchev–Trinajstić information content (AvgIpc) is 2.67. The number of hydrogen-bond acceptors (Lipinski definition) is 2. The summed E-state index contributed by atoms with van der Waals surface area (Å²) in [6.07, 6.45) is 7.15. The molecule has 18 heavy (non-hydrogen) atoms. The zero-order valence-corrected chi connectivity index (χ0v) is 10.5. The summed E-state index contributed by atoms with van der Waals surface area (Å²) in [7, 11) is 0. The lowest BCUT2D eigenvalue weighted by Crippen LogP contribution is -2.34. The molecule has 1 amide bonds. The third-order valence-corrected chi connectivity index (χ3v) is 3.47. The van der Waals surface area contributed by atoms with Crippen LogP contribution in [0.1, 0.15) is 54.4 Å². The van der Waals surface area contributed by atoms with Crippen molar-refractivity contribution < 1.29 is 4.79 Å². The van der Waals surface area contributed by atoms with Gasteiger partial charge in [-0.05, 0) is 37.1 Å². The minimum atomic E-state index is -0.0219. The maximum absolute atomic E-state index is 12.0. The molecule has 0 atom stereocenters. The van der Waals surface area contributed by atoms with Crippen LogP contribution in [-0.4, -0.2) is 11.9 Å².